The molecule has 0 spiro atoms. The molecule has 2 nitrogen and oxygen atoms in total. The number of ether oxygens (including phenoxy) is 1. The van der Waals surface area contributed by atoms with Crippen molar-refractivity contribution in [2.24, 2.45) is 5.41 Å². The van der Waals surface area contributed by atoms with Gasteiger partial charge in [-0.05, 0) is 26.7 Å². The highest BCUT2D eigenvalue weighted by atomic mass is 16.5. The van der Waals surface area contributed by atoms with Gasteiger partial charge in [-0.15, -0.1) is 0 Å². The van der Waals surface area contributed by atoms with Crippen molar-refractivity contribution in [3.8, 4) is 0 Å². The quantitative estimate of drug-likeness (QED) is 0.185. The Labute approximate surface area is 158 Å². The van der Waals surface area contributed by atoms with Crippen LogP contribution in [0.4, 0.5) is 0 Å². The van der Waals surface area contributed by atoms with Gasteiger partial charge < -0.3 is 4.74 Å². The molecule has 0 radical (unpaired) electrons. The monoisotopic (exact) mass is 354 g/mol. The van der Waals surface area contributed by atoms with E-state index >= 15 is 0 Å². The second-order valence-electron chi connectivity index (χ2n) is 8.37. The van der Waals surface area contributed by atoms with E-state index < -0.39 is 0 Å². The molecule has 0 unspecified atom stereocenters. The second-order valence-corrected chi connectivity index (χ2v) is 8.37. The Bertz CT molecular complexity index is 296. The van der Waals surface area contributed by atoms with E-state index in [0.717, 1.165) is 19.3 Å². The van der Waals surface area contributed by atoms with Crippen molar-refractivity contribution in [1.29, 1.82) is 0 Å². The largest absolute Gasteiger partial charge is 0.465 e. The first kappa shape index (κ1) is 24.5. The Balaban J connectivity index is 3.34. The fraction of sp³-hybridized carbons (Fsp3) is 0.957. The van der Waals surface area contributed by atoms with E-state index in [1.807, 2.05) is 20.8 Å². The minimum absolute atomic E-state index is 0.0240. The summed E-state index contributed by atoms with van der Waals surface area (Å²) in [6, 6.07) is 0. The van der Waals surface area contributed by atoms with Crippen molar-refractivity contribution in [3.63, 3.8) is 0 Å². The fourth-order valence-electron chi connectivity index (χ4n) is 3.25. The van der Waals surface area contributed by atoms with Crippen molar-refractivity contribution in [2.45, 2.75) is 130 Å². The third-order valence-corrected chi connectivity index (χ3v) is 5.15. The first-order valence-electron chi connectivity index (χ1n) is 11.2. The first-order chi connectivity index (χ1) is 12.0. The molecule has 0 aliphatic carbocycles. The molecule has 0 N–H and O–H groups in total. The molecule has 0 fully saturated rings. The highest BCUT2D eigenvalue weighted by Gasteiger charge is 2.28. The van der Waals surface area contributed by atoms with Crippen LogP contribution in [0.3, 0.4) is 0 Å². The maximum Gasteiger partial charge on any atom is 0.311 e. The van der Waals surface area contributed by atoms with Crippen LogP contribution in [0, 0.1) is 5.41 Å². The van der Waals surface area contributed by atoms with Crippen LogP contribution in [0.25, 0.3) is 0 Å². The van der Waals surface area contributed by atoms with Gasteiger partial charge in [0.2, 0.25) is 0 Å². The lowest BCUT2D eigenvalue weighted by Crippen LogP contribution is -2.26. The highest BCUT2D eigenvalue weighted by Crippen LogP contribution is 2.26. The fourth-order valence-corrected chi connectivity index (χ4v) is 3.25. The smallest absolute Gasteiger partial charge is 0.311 e. The van der Waals surface area contributed by atoms with Crippen molar-refractivity contribution in [3.05, 3.63) is 0 Å². The predicted octanol–water partition coefficient (Wildman–Crippen LogP) is 7.84. The van der Waals surface area contributed by atoms with Gasteiger partial charge in [-0.3, -0.25) is 4.79 Å². The van der Waals surface area contributed by atoms with Crippen LogP contribution < -0.4 is 0 Å². The van der Waals surface area contributed by atoms with Gasteiger partial charge >= 0.3 is 5.97 Å². The van der Waals surface area contributed by atoms with E-state index in [2.05, 4.69) is 6.92 Å². The van der Waals surface area contributed by atoms with Gasteiger partial charge in [0.25, 0.3) is 0 Å². The van der Waals surface area contributed by atoms with Crippen LogP contribution in [0.15, 0.2) is 0 Å². The summed E-state index contributed by atoms with van der Waals surface area (Å²) in [5.74, 6) is -0.0240. The van der Waals surface area contributed by atoms with Crippen LogP contribution in [0.1, 0.15) is 130 Å². The lowest BCUT2D eigenvalue weighted by Gasteiger charge is -2.22. The van der Waals surface area contributed by atoms with Gasteiger partial charge in [0, 0.05) is 0 Å². The molecule has 0 aliphatic heterocycles. The molecule has 0 aromatic heterocycles. The highest BCUT2D eigenvalue weighted by molar-refractivity contribution is 5.75. The topological polar surface area (TPSA) is 26.3 Å². The molecule has 2 heteroatoms. The summed E-state index contributed by atoms with van der Waals surface area (Å²) in [6.07, 6.45) is 21.1. The number of hydrogen-bond acceptors (Lipinski definition) is 2. The summed E-state index contributed by atoms with van der Waals surface area (Å²) in [5, 5.41) is 0. The molecular formula is C23H46O2. The first-order valence-corrected chi connectivity index (χ1v) is 11.2. The minimum atomic E-state index is -0.313. The maximum absolute atomic E-state index is 12.0. The van der Waals surface area contributed by atoms with E-state index in [-0.39, 0.29) is 11.4 Å². The van der Waals surface area contributed by atoms with Gasteiger partial charge in [-0.2, -0.15) is 0 Å². The van der Waals surface area contributed by atoms with Gasteiger partial charge in [0.1, 0.15) is 0 Å². The predicted molar refractivity (Wildman–Crippen MR) is 110 cm³/mol. The Kier molecular flexibility index (Phi) is 16.6. The number of rotatable bonds is 18. The molecule has 0 aromatic rings. The van der Waals surface area contributed by atoms with Crippen molar-refractivity contribution >= 4 is 5.97 Å². The van der Waals surface area contributed by atoms with E-state index in [1.54, 1.807) is 0 Å². The molecule has 0 bridgehead atoms. The average Bonchev–Trinajstić information content (AvgIpc) is 2.59. The minimum Gasteiger partial charge on any atom is -0.465 e. The van der Waals surface area contributed by atoms with Gasteiger partial charge in [-0.1, -0.05) is 104 Å². The number of carbonyl (C=O) groups excluding carboxylic acids is 1. The maximum atomic E-state index is 12.0. The van der Waals surface area contributed by atoms with Crippen LogP contribution in [-0.2, 0) is 9.53 Å². The van der Waals surface area contributed by atoms with Crippen LogP contribution in [0.2, 0.25) is 0 Å². The van der Waals surface area contributed by atoms with E-state index in [0.29, 0.717) is 6.61 Å². The number of esters is 1. The Morgan fingerprint density at radius 1 is 0.640 bits per heavy atom. The second kappa shape index (κ2) is 16.9. The summed E-state index contributed by atoms with van der Waals surface area (Å²) in [7, 11) is 0. The summed E-state index contributed by atoms with van der Waals surface area (Å²) in [4.78, 5) is 12.0. The molecular weight excluding hydrogens is 308 g/mol. The summed E-state index contributed by atoms with van der Waals surface area (Å²) >= 11 is 0. The zero-order valence-corrected chi connectivity index (χ0v) is 17.8. The molecule has 0 aromatic carbocycles. The van der Waals surface area contributed by atoms with Crippen LogP contribution in [-0.4, -0.2) is 12.6 Å². The molecule has 0 heterocycles. The Hall–Kier alpha value is -0.530. The number of hydrogen-bond donors (Lipinski definition) is 0. The molecule has 0 aliphatic rings. The molecule has 0 rings (SSSR count). The SMILES string of the molecule is CCCCCCCCCCCCCCCCC(C)(C)C(=O)OCCC. The van der Waals surface area contributed by atoms with Gasteiger partial charge in [0.15, 0.2) is 0 Å². The summed E-state index contributed by atoms with van der Waals surface area (Å²) in [6.45, 7) is 8.91. The standard InChI is InChI=1S/C23H46O2/c1-5-7-8-9-10-11-12-13-14-15-16-17-18-19-20-23(3,4)22(24)25-21-6-2/h5-21H2,1-4H3. The van der Waals surface area contributed by atoms with E-state index in [9.17, 15) is 4.79 Å². The van der Waals surface area contributed by atoms with Crippen molar-refractivity contribution in [1.82, 2.24) is 0 Å². The normalized spacial score (nSPS) is 11.7. The number of unbranched alkanes of at least 4 members (excludes halogenated alkanes) is 13. The molecule has 0 atom stereocenters. The van der Waals surface area contributed by atoms with Gasteiger partial charge in [0.05, 0.1) is 12.0 Å². The molecule has 0 amide bonds. The lowest BCUT2D eigenvalue weighted by molar-refractivity contribution is -0.154. The zero-order chi connectivity index (χ0) is 18.8. The molecule has 0 saturated heterocycles. The lowest BCUT2D eigenvalue weighted by atomic mass is 9.87. The van der Waals surface area contributed by atoms with E-state index in [4.69, 9.17) is 4.74 Å². The summed E-state index contributed by atoms with van der Waals surface area (Å²) < 4.78 is 5.29. The third kappa shape index (κ3) is 15.4. The zero-order valence-electron chi connectivity index (χ0n) is 17.8. The average molecular weight is 355 g/mol. The van der Waals surface area contributed by atoms with Gasteiger partial charge in [-0.25, -0.2) is 0 Å². The molecule has 0 saturated carbocycles. The molecule has 25 heavy (non-hydrogen) atoms. The summed E-state index contributed by atoms with van der Waals surface area (Å²) in [5.41, 5.74) is -0.313. The third-order valence-electron chi connectivity index (χ3n) is 5.15. The van der Waals surface area contributed by atoms with Crippen LogP contribution in [0.5, 0.6) is 0 Å². The van der Waals surface area contributed by atoms with Crippen molar-refractivity contribution < 1.29 is 9.53 Å². The Morgan fingerprint density at radius 2 is 1.04 bits per heavy atom. The Morgan fingerprint density at radius 3 is 1.44 bits per heavy atom. The number of carbonyl (C=O) groups is 1. The van der Waals surface area contributed by atoms with Crippen molar-refractivity contribution in [2.75, 3.05) is 6.61 Å². The van der Waals surface area contributed by atoms with E-state index in [1.165, 1.54) is 83.5 Å². The van der Waals surface area contributed by atoms with Crippen LogP contribution >= 0.6 is 0 Å². The molecule has 150 valence electrons.